The number of nitrogens with zero attached hydrogens (tertiary/aromatic N) is 1. The largest absolute Gasteiger partial charge is 0.310 e. The van der Waals surface area contributed by atoms with Crippen LogP contribution in [0.2, 0.25) is 0 Å². The number of rotatable bonds is 7. The van der Waals surface area contributed by atoms with E-state index in [9.17, 15) is 0 Å². The Morgan fingerprint density at radius 2 is 0.764 bits per heavy atom. The van der Waals surface area contributed by atoms with Crippen molar-refractivity contribution in [2.45, 2.75) is 0 Å². The molecular formula is C54H37N. The molecule has 0 amide bonds. The molecule has 10 rings (SSSR count). The fourth-order valence-corrected chi connectivity index (χ4v) is 8.12. The van der Waals surface area contributed by atoms with Crippen molar-refractivity contribution < 1.29 is 0 Å². The molecule has 0 spiro atoms. The highest BCUT2D eigenvalue weighted by atomic mass is 15.1. The van der Waals surface area contributed by atoms with Gasteiger partial charge in [-0.05, 0) is 114 Å². The third-order valence-electron chi connectivity index (χ3n) is 10.8. The Labute approximate surface area is 322 Å². The topological polar surface area (TPSA) is 3.24 Å². The van der Waals surface area contributed by atoms with Crippen LogP contribution in [0.4, 0.5) is 17.1 Å². The Hall–Kier alpha value is -7.22. The van der Waals surface area contributed by atoms with Gasteiger partial charge in [-0.3, -0.25) is 0 Å². The van der Waals surface area contributed by atoms with Gasteiger partial charge in [-0.1, -0.05) is 182 Å². The van der Waals surface area contributed by atoms with Crippen molar-refractivity contribution >= 4 is 49.4 Å². The van der Waals surface area contributed by atoms with Gasteiger partial charge in [0, 0.05) is 16.9 Å². The van der Waals surface area contributed by atoms with Crippen molar-refractivity contribution in [3.8, 4) is 44.5 Å². The van der Waals surface area contributed by atoms with Gasteiger partial charge >= 0.3 is 0 Å². The van der Waals surface area contributed by atoms with E-state index >= 15 is 0 Å². The van der Waals surface area contributed by atoms with Crippen LogP contribution in [0.3, 0.4) is 0 Å². The van der Waals surface area contributed by atoms with E-state index in [4.69, 9.17) is 0 Å². The molecule has 55 heavy (non-hydrogen) atoms. The van der Waals surface area contributed by atoms with Crippen molar-refractivity contribution in [1.82, 2.24) is 0 Å². The predicted molar refractivity (Wildman–Crippen MR) is 235 cm³/mol. The van der Waals surface area contributed by atoms with E-state index in [2.05, 4.69) is 229 Å². The molecule has 258 valence electrons. The molecule has 0 aliphatic carbocycles. The normalized spacial score (nSPS) is 11.3. The second kappa shape index (κ2) is 14.0. The van der Waals surface area contributed by atoms with Gasteiger partial charge in [-0.25, -0.2) is 0 Å². The molecule has 0 unspecified atom stereocenters. The third kappa shape index (κ3) is 6.12. The van der Waals surface area contributed by atoms with Gasteiger partial charge in [-0.2, -0.15) is 0 Å². The van der Waals surface area contributed by atoms with E-state index in [1.165, 1.54) is 76.8 Å². The molecule has 0 N–H and O–H groups in total. The smallest absolute Gasteiger partial charge is 0.0540 e. The minimum Gasteiger partial charge on any atom is -0.310 e. The Bertz CT molecular complexity index is 2970. The highest BCUT2D eigenvalue weighted by Gasteiger charge is 2.19. The summed E-state index contributed by atoms with van der Waals surface area (Å²) in [6.07, 6.45) is 0. The maximum atomic E-state index is 2.41. The number of anilines is 3. The van der Waals surface area contributed by atoms with Gasteiger partial charge in [0.25, 0.3) is 0 Å². The highest BCUT2D eigenvalue weighted by molar-refractivity contribution is 6.08. The van der Waals surface area contributed by atoms with Gasteiger partial charge in [0.15, 0.2) is 0 Å². The molecule has 1 heteroatoms. The lowest BCUT2D eigenvalue weighted by atomic mass is 9.94. The second-order valence-electron chi connectivity index (χ2n) is 14.1. The molecule has 0 heterocycles. The molecule has 0 aromatic heterocycles. The molecule has 0 bridgehead atoms. The first-order valence-corrected chi connectivity index (χ1v) is 18.9. The van der Waals surface area contributed by atoms with E-state index < -0.39 is 0 Å². The van der Waals surface area contributed by atoms with Crippen molar-refractivity contribution in [2.75, 3.05) is 4.90 Å². The van der Waals surface area contributed by atoms with Crippen LogP contribution >= 0.6 is 0 Å². The zero-order valence-electron chi connectivity index (χ0n) is 30.3. The fraction of sp³-hybridized carbons (Fsp3) is 0. The standard InChI is InChI=1S/C54H37N/c1-2-13-38(14-3-1)42-18-11-21-48(37-42)55(47-32-29-39(30-33-47)43-31-34-52-46(35-43)28-27-41-16-5-7-23-50(41)52)54-26-9-8-24-53(54)45-20-10-19-44(36-45)51-25-12-17-40-15-4-6-22-49(40)51/h1-37H. The Kier molecular flexibility index (Phi) is 8.24. The first-order chi connectivity index (χ1) is 27.3. The Morgan fingerprint density at radius 1 is 0.236 bits per heavy atom. The zero-order valence-corrected chi connectivity index (χ0v) is 30.3. The van der Waals surface area contributed by atoms with E-state index in [1.54, 1.807) is 0 Å². The molecule has 0 aliphatic rings. The minimum absolute atomic E-state index is 1.10. The summed E-state index contributed by atoms with van der Waals surface area (Å²) in [6.45, 7) is 0. The van der Waals surface area contributed by atoms with E-state index in [1.807, 2.05) is 0 Å². The van der Waals surface area contributed by atoms with Crippen LogP contribution in [0.1, 0.15) is 0 Å². The summed E-state index contributed by atoms with van der Waals surface area (Å²) < 4.78 is 0. The highest BCUT2D eigenvalue weighted by Crippen LogP contribution is 2.43. The first-order valence-electron chi connectivity index (χ1n) is 18.9. The molecule has 0 fully saturated rings. The third-order valence-corrected chi connectivity index (χ3v) is 10.8. The summed E-state index contributed by atoms with van der Waals surface area (Å²) in [5.74, 6) is 0. The number of para-hydroxylation sites is 1. The number of hydrogen-bond acceptors (Lipinski definition) is 1. The summed E-state index contributed by atoms with van der Waals surface area (Å²) >= 11 is 0. The van der Waals surface area contributed by atoms with Crippen LogP contribution < -0.4 is 4.90 Å². The summed E-state index contributed by atoms with van der Waals surface area (Å²) in [5, 5.41) is 7.59. The molecule has 0 aliphatic heterocycles. The van der Waals surface area contributed by atoms with Crippen LogP contribution in [0, 0.1) is 0 Å². The lowest BCUT2D eigenvalue weighted by Gasteiger charge is -2.28. The van der Waals surface area contributed by atoms with Crippen LogP contribution in [0.25, 0.3) is 76.8 Å². The van der Waals surface area contributed by atoms with Gasteiger partial charge in [0.05, 0.1) is 5.69 Å². The average molecular weight is 700 g/mol. The van der Waals surface area contributed by atoms with Crippen LogP contribution in [-0.2, 0) is 0 Å². The van der Waals surface area contributed by atoms with Crippen molar-refractivity contribution in [1.29, 1.82) is 0 Å². The monoisotopic (exact) mass is 699 g/mol. The van der Waals surface area contributed by atoms with Gasteiger partial charge in [0.1, 0.15) is 0 Å². The Morgan fingerprint density at radius 3 is 1.62 bits per heavy atom. The van der Waals surface area contributed by atoms with Crippen LogP contribution in [0.5, 0.6) is 0 Å². The van der Waals surface area contributed by atoms with Crippen molar-refractivity contribution in [2.24, 2.45) is 0 Å². The number of hydrogen-bond donors (Lipinski definition) is 0. The molecule has 10 aromatic carbocycles. The molecular weight excluding hydrogens is 663 g/mol. The van der Waals surface area contributed by atoms with Gasteiger partial charge in [0.2, 0.25) is 0 Å². The second-order valence-corrected chi connectivity index (χ2v) is 14.1. The van der Waals surface area contributed by atoms with Crippen molar-refractivity contribution in [3.63, 3.8) is 0 Å². The number of fused-ring (bicyclic) bond motifs is 4. The van der Waals surface area contributed by atoms with Gasteiger partial charge in [-0.15, -0.1) is 0 Å². The van der Waals surface area contributed by atoms with E-state index in [0.29, 0.717) is 0 Å². The molecule has 0 atom stereocenters. The lowest BCUT2D eigenvalue weighted by Crippen LogP contribution is -2.11. The van der Waals surface area contributed by atoms with Gasteiger partial charge < -0.3 is 4.90 Å². The van der Waals surface area contributed by atoms with E-state index in [-0.39, 0.29) is 0 Å². The fourth-order valence-electron chi connectivity index (χ4n) is 8.12. The average Bonchev–Trinajstić information content (AvgIpc) is 3.27. The number of benzene rings is 10. The van der Waals surface area contributed by atoms with Crippen LogP contribution in [0.15, 0.2) is 224 Å². The SMILES string of the molecule is c1ccc(-c2cccc(N(c3ccc(-c4ccc5c(ccc6ccccc65)c4)cc3)c3ccccc3-c3cccc(-c4cccc5ccccc45)c3)c2)cc1. The zero-order chi connectivity index (χ0) is 36.6. The molecule has 10 aromatic rings. The maximum absolute atomic E-state index is 2.41. The van der Waals surface area contributed by atoms with Crippen LogP contribution in [-0.4, -0.2) is 0 Å². The molecule has 0 saturated carbocycles. The summed E-state index contributed by atoms with van der Waals surface area (Å²) in [4.78, 5) is 2.41. The Balaban J connectivity index is 1.09. The quantitative estimate of drug-likeness (QED) is 0.150. The first kappa shape index (κ1) is 32.4. The lowest BCUT2D eigenvalue weighted by molar-refractivity contribution is 1.28. The van der Waals surface area contributed by atoms with E-state index in [0.717, 1.165) is 17.1 Å². The summed E-state index contributed by atoms with van der Waals surface area (Å²) in [6, 6.07) is 81.5. The molecule has 1 nitrogen and oxygen atoms in total. The maximum Gasteiger partial charge on any atom is 0.0540 e. The predicted octanol–water partition coefficient (Wildman–Crippen LogP) is 15.3. The minimum atomic E-state index is 1.10. The molecule has 0 saturated heterocycles. The summed E-state index contributed by atoms with van der Waals surface area (Å²) in [5.41, 5.74) is 12.9. The molecule has 0 radical (unpaired) electrons. The summed E-state index contributed by atoms with van der Waals surface area (Å²) in [7, 11) is 0. The van der Waals surface area contributed by atoms with Crippen molar-refractivity contribution in [3.05, 3.63) is 224 Å².